The van der Waals surface area contributed by atoms with Crippen LogP contribution in [-0.2, 0) is 11.3 Å². The highest BCUT2D eigenvalue weighted by molar-refractivity contribution is 5.90. The number of aromatic nitrogens is 1. The molecule has 0 saturated carbocycles. The van der Waals surface area contributed by atoms with E-state index in [1.165, 1.54) is 18.2 Å². The summed E-state index contributed by atoms with van der Waals surface area (Å²) in [5.74, 6) is -0.906. The third-order valence-corrected chi connectivity index (χ3v) is 2.87. The predicted molar refractivity (Wildman–Crippen MR) is 77.0 cm³/mol. The highest BCUT2D eigenvalue weighted by Gasteiger charge is 2.09. The van der Waals surface area contributed by atoms with Crippen molar-refractivity contribution in [3.8, 4) is 0 Å². The summed E-state index contributed by atoms with van der Waals surface area (Å²) in [4.78, 5) is 33.3. The first-order chi connectivity index (χ1) is 10.5. The summed E-state index contributed by atoms with van der Waals surface area (Å²) in [5, 5.41) is 13.1. The maximum atomic E-state index is 13.0. The molecule has 0 bridgehead atoms. The number of hydrogen-bond acceptors (Lipinski definition) is 4. The summed E-state index contributed by atoms with van der Waals surface area (Å²) < 4.78 is 14.1. The van der Waals surface area contributed by atoms with Crippen LogP contribution in [0.15, 0.2) is 47.4 Å². The summed E-state index contributed by atoms with van der Waals surface area (Å²) in [6.07, 6.45) is 1.01. The molecule has 0 fully saturated rings. The molecule has 1 aromatic heterocycles. The molecule has 0 saturated heterocycles. The first-order valence-electron chi connectivity index (χ1n) is 6.36. The Labute approximate surface area is 124 Å². The van der Waals surface area contributed by atoms with Crippen LogP contribution in [0.1, 0.15) is 6.42 Å². The zero-order valence-corrected chi connectivity index (χ0v) is 11.4. The fourth-order valence-corrected chi connectivity index (χ4v) is 1.81. The highest BCUT2D eigenvalue weighted by Crippen LogP contribution is 2.10. The minimum absolute atomic E-state index is 0.0122. The molecule has 0 spiro atoms. The van der Waals surface area contributed by atoms with Crippen LogP contribution >= 0.6 is 0 Å². The molecule has 2 rings (SSSR count). The van der Waals surface area contributed by atoms with Gasteiger partial charge in [0.05, 0.1) is 11.1 Å². The fourth-order valence-electron chi connectivity index (χ4n) is 1.81. The van der Waals surface area contributed by atoms with E-state index < -0.39 is 22.2 Å². The number of benzene rings is 1. The van der Waals surface area contributed by atoms with Crippen LogP contribution < -0.4 is 10.9 Å². The molecule has 1 N–H and O–H groups in total. The fraction of sp³-hybridized carbons (Fsp3) is 0.143. The molecule has 0 aliphatic carbocycles. The number of nitrogens with one attached hydrogen (secondary N) is 1. The average molecular weight is 305 g/mol. The Bertz CT molecular complexity index is 773. The Morgan fingerprint density at radius 1 is 1.32 bits per heavy atom. The lowest BCUT2D eigenvalue weighted by Gasteiger charge is -2.07. The topological polar surface area (TPSA) is 94.2 Å². The lowest BCUT2D eigenvalue weighted by atomic mass is 10.3. The van der Waals surface area contributed by atoms with Gasteiger partial charge in [-0.1, -0.05) is 6.07 Å². The van der Waals surface area contributed by atoms with Gasteiger partial charge < -0.3 is 9.88 Å². The van der Waals surface area contributed by atoms with Crippen molar-refractivity contribution in [2.45, 2.75) is 13.0 Å². The van der Waals surface area contributed by atoms with E-state index in [-0.39, 0.29) is 18.7 Å². The molecule has 0 unspecified atom stereocenters. The summed E-state index contributed by atoms with van der Waals surface area (Å²) in [6, 6.07) is 7.57. The number of rotatable bonds is 5. The molecule has 0 aliphatic rings. The van der Waals surface area contributed by atoms with Gasteiger partial charge in [-0.25, -0.2) is 4.39 Å². The predicted octanol–water partition coefficient (Wildman–Crippen LogP) is 1.92. The number of carbonyl (C=O) groups excluding carboxylic acids is 1. The van der Waals surface area contributed by atoms with Crippen molar-refractivity contribution in [1.82, 2.24) is 4.57 Å². The number of pyridine rings is 1. The van der Waals surface area contributed by atoms with E-state index in [9.17, 15) is 24.1 Å². The zero-order valence-electron chi connectivity index (χ0n) is 11.4. The first kappa shape index (κ1) is 15.4. The normalized spacial score (nSPS) is 10.2. The van der Waals surface area contributed by atoms with Gasteiger partial charge in [-0.15, -0.1) is 0 Å². The Morgan fingerprint density at radius 3 is 2.77 bits per heavy atom. The van der Waals surface area contributed by atoms with Gasteiger partial charge in [-0.3, -0.25) is 19.7 Å². The molecule has 2 aromatic rings. The van der Waals surface area contributed by atoms with E-state index >= 15 is 0 Å². The quantitative estimate of drug-likeness (QED) is 0.674. The molecule has 114 valence electrons. The summed E-state index contributed by atoms with van der Waals surface area (Å²) in [7, 11) is 0. The maximum Gasteiger partial charge on any atom is 0.285 e. The average Bonchev–Trinajstić information content (AvgIpc) is 2.46. The zero-order chi connectivity index (χ0) is 16.1. The number of amides is 1. The van der Waals surface area contributed by atoms with Crippen molar-refractivity contribution in [3.05, 3.63) is 68.9 Å². The number of hydrogen-bond donors (Lipinski definition) is 1. The Kier molecular flexibility index (Phi) is 4.62. The third-order valence-electron chi connectivity index (χ3n) is 2.87. The van der Waals surface area contributed by atoms with Crippen molar-refractivity contribution < 1.29 is 14.1 Å². The molecule has 7 nitrogen and oxygen atoms in total. The van der Waals surface area contributed by atoms with E-state index in [0.717, 1.165) is 29.0 Å². The number of anilines is 1. The second kappa shape index (κ2) is 6.61. The minimum Gasteiger partial charge on any atom is -0.326 e. The SMILES string of the molecule is O=C(CCn1cc([N+](=O)[O-])ccc1=O)Nc1cccc(F)c1. The van der Waals surface area contributed by atoms with Gasteiger partial charge in [0.15, 0.2) is 0 Å². The van der Waals surface area contributed by atoms with E-state index in [1.54, 1.807) is 0 Å². The molecule has 8 heteroatoms. The standard InChI is InChI=1S/C14H12FN3O4/c15-10-2-1-3-11(8-10)16-13(19)6-7-17-9-12(18(21)22)4-5-14(17)20/h1-5,8-9H,6-7H2,(H,16,19). The van der Waals surface area contributed by atoms with Gasteiger partial charge in [0, 0.05) is 30.8 Å². The van der Waals surface area contributed by atoms with Crippen molar-refractivity contribution in [3.63, 3.8) is 0 Å². The molecule has 0 radical (unpaired) electrons. The number of carbonyl (C=O) groups is 1. The summed E-state index contributed by atoms with van der Waals surface area (Å²) in [5.41, 5.74) is -0.370. The monoisotopic (exact) mass is 305 g/mol. The van der Waals surface area contributed by atoms with Gasteiger partial charge in [-0.05, 0) is 18.2 Å². The Morgan fingerprint density at radius 2 is 2.09 bits per heavy atom. The van der Waals surface area contributed by atoms with Gasteiger partial charge in [0.1, 0.15) is 5.82 Å². The van der Waals surface area contributed by atoms with Crippen molar-refractivity contribution in [2.24, 2.45) is 0 Å². The lowest BCUT2D eigenvalue weighted by molar-refractivity contribution is -0.385. The Balaban J connectivity index is 2.01. The van der Waals surface area contributed by atoms with Crippen LogP contribution in [0.25, 0.3) is 0 Å². The summed E-state index contributed by atoms with van der Waals surface area (Å²) >= 11 is 0. The smallest absolute Gasteiger partial charge is 0.285 e. The van der Waals surface area contributed by atoms with Gasteiger partial charge in [0.25, 0.3) is 11.2 Å². The second-order valence-electron chi connectivity index (χ2n) is 4.48. The minimum atomic E-state index is -0.622. The van der Waals surface area contributed by atoms with Gasteiger partial charge >= 0.3 is 0 Å². The number of nitro groups is 1. The van der Waals surface area contributed by atoms with Crippen LogP contribution in [0.5, 0.6) is 0 Å². The first-order valence-corrected chi connectivity index (χ1v) is 6.36. The van der Waals surface area contributed by atoms with Gasteiger partial charge in [-0.2, -0.15) is 0 Å². The summed E-state index contributed by atoms with van der Waals surface area (Å²) in [6.45, 7) is -0.0122. The molecule has 0 atom stereocenters. The molecular formula is C14H12FN3O4. The van der Waals surface area contributed by atoms with E-state index in [0.29, 0.717) is 5.69 Å². The van der Waals surface area contributed by atoms with Crippen LogP contribution in [0.2, 0.25) is 0 Å². The largest absolute Gasteiger partial charge is 0.326 e. The number of halogens is 1. The lowest BCUT2D eigenvalue weighted by Crippen LogP contribution is -2.22. The second-order valence-corrected chi connectivity index (χ2v) is 4.48. The third kappa shape index (κ3) is 3.98. The van der Waals surface area contributed by atoms with Crippen molar-refractivity contribution in [1.29, 1.82) is 0 Å². The number of nitrogens with zero attached hydrogens (tertiary/aromatic N) is 2. The number of aryl methyl sites for hydroxylation is 1. The van der Waals surface area contributed by atoms with Crippen LogP contribution in [0.3, 0.4) is 0 Å². The van der Waals surface area contributed by atoms with E-state index in [1.807, 2.05) is 0 Å². The molecule has 22 heavy (non-hydrogen) atoms. The Hall–Kier alpha value is -3.03. The van der Waals surface area contributed by atoms with Crippen LogP contribution in [0, 0.1) is 15.9 Å². The van der Waals surface area contributed by atoms with Crippen molar-refractivity contribution in [2.75, 3.05) is 5.32 Å². The highest BCUT2D eigenvalue weighted by atomic mass is 19.1. The van der Waals surface area contributed by atoms with E-state index in [2.05, 4.69) is 5.32 Å². The maximum absolute atomic E-state index is 13.0. The molecule has 1 amide bonds. The molecular weight excluding hydrogens is 293 g/mol. The molecule has 1 aromatic carbocycles. The van der Waals surface area contributed by atoms with Gasteiger partial charge in [0.2, 0.25) is 5.91 Å². The molecule has 1 heterocycles. The molecule has 0 aliphatic heterocycles. The van der Waals surface area contributed by atoms with Crippen LogP contribution in [0.4, 0.5) is 15.8 Å². The van der Waals surface area contributed by atoms with E-state index in [4.69, 9.17) is 0 Å². The van der Waals surface area contributed by atoms with Crippen LogP contribution in [-0.4, -0.2) is 15.4 Å². The van der Waals surface area contributed by atoms with Crippen molar-refractivity contribution >= 4 is 17.3 Å².